The van der Waals surface area contributed by atoms with E-state index in [4.69, 9.17) is 0 Å². The number of rotatable bonds is 5. The molecule has 2 aliphatic rings. The van der Waals surface area contributed by atoms with Gasteiger partial charge in [-0.25, -0.2) is 9.69 Å². The van der Waals surface area contributed by atoms with Crippen molar-refractivity contribution < 1.29 is 19.3 Å². The SMILES string of the molecule is Cc1ccccc1N1C(=O)NC(=O)[C@@H](C=NCC[NH+]2CCCCC2)C1=O. The number of quaternary nitrogens is 1. The molecule has 0 aromatic heterocycles. The predicted octanol–water partition coefficient (Wildman–Crippen LogP) is 0.334. The first kappa shape index (κ1) is 18.3. The molecular formula is C19H25N4O3+. The average molecular weight is 357 g/mol. The number of aliphatic imine (C=N–C) groups is 1. The topological polar surface area (TPSA) is 83.3 Å². The van der Waals surface area contributed by atoms with E-state index < -0.39 is 23.8 Å². The fourth-order valence-electron chi connectivity index (χ4n) is 3.47. The van der Waals surface area contributed by atoms with Crippen LogP contribution in [0.1, 0.15) is 24.8 Å². The van der Waals surface area contributed by atoms with Crippen LogP contribution in [-0.4, -0.2) is 50.2 Å². The third kappa shape index (κ3) is 3.99. The Morgan fingerprint density at radius 3 is 2.65 bits per heavy atom. The van der Waals surface area contributed by atoms with E-state index in [2.05, 4.69) is 10.3 Å². The summed E-state index contributed by atoms with van der Waals surface area (Å²) >= 11 is 0. The van der Waals surface area contributed by atoms with E-state index in [9.17, 15) is 14.4 Å². The minimum atomic E-state index is -1.07. The summed E-state index contributed by atoms with van der Waals surface area (Å²) in [5, 5.41) is 2.26. The highest BCUT2D eigenvalue weighted by Crippen LogP contribution is 2.23. The number of imide groups is 2. The number of amides is 4. The fourth-order valence-corrected chi connectivity index (χ4v) is 3.47. The number of barbiturate groups is 1. The summed E-state index contributed by atoms with van der Waals surface area (Å²) in [5.41, 5.74) is 1.27. The number of benzene rings is 1. The smallest absolute Gasteiger partial charge is 0.333 e. The standard InChI is InChI=1S/C19H24N4O3/c1-14-7-3-4-8-16(14)23-18(25)15(17(24)21-19(23)26)13-20-9-12-22-10-5-2-6-11-22/h3-4,7-8,13,15H,2,5-6,9-12H2,1H3,(H,21,24,26)/p+1/t15-/m1/s1. The molecule has 0 spiro atoms. The maximum absolute atomic E-state index is 12.7. The second kappa shape index (κ2) is 8.23. The summed E-state index contributed by atoms with van der Waals surface area (Å²) < 4.78 is 0. The van der Waals surface area contributed by atoms with Crippen molar-refractivity contribution in [2.75, 3.05) is 31.1 Å². The molecule has 0 bridgehead atoms. The number of urea groups is 1. The van der Waals surface area contributed by atoms with Gasteiger partial charge in [-0.05, 0) is 37.8 Å². The molecule has 1 atom stereocenters. The van der Waals surface area contributed by atoms with Gasteiger partial charge in [0.15, 0.2) is 5.92 Å². The van der Waals surface area contributed by atoms with Crippen LogP contribution in [0, 0.1) is 12.8 Å². The van der Waals surface area contributed by atoms with Gasteiger partial charge >= 0.3 is 6.03 Å². The van der Waals surface area contributed by atoms with Crippen molar-refractivity contribution >= 4 is 29.7 Å². The zero-order valence-electron chi connectivity index (χ0n) is 15.0. The number of para-hydroxylation sites is 1. The van der Waals surface area contributed by atoms with Gasteiger partial charge < -0.3 is 4.90 Å². The number of nitrogens with zero attached hydrogens (tertiary/aromatic N) is 2. The van der Waals surface area contributed by atoms with E-state index in [1.165, 1.54) is 30.4 Å². The van der Waals surface area contributed by atoms with Crippen LogP contribution in [0.3, 0.4) is 0 Å². The van der Waals surface area contributed by atoms with E-state index in [-0.39, 0.29) is 0 Å². The maximum Gasteiger partial charge on any atom is 0.335 e. The molecule has 1 aromatic carbocycles. The minimum Gasteiger partial charge on any atom is -0.333 e. The molecule has 138 valence electrons. The third-order valence-corrected chi connectivity index (χ3v) is 4.97. The van der Waals surface area contributed by atoms with Gasteiger partial charge in [-0.15, -0.1) is 0 Å². The molecule has 4 amide bonds. The van der Waals surface area contributed by atoms with E-state index in [1.54, 1.807) is 12.1 Å². The van der Waals surface area contributed by atoms with Crippen LogP contribution in [0.2, 0.25) is 0 Å². The molecule has 26 heavy (non-hydrogen) atoms. The lowest BCUT2D eigenvalue weighted by Crippen LogP contribution is -3.13. The van der Waals surface area contributed by atoms with Crippen molar-refractivity contribution in [2.24, 2.45) is 10.9 Å². The Bertz CT molecular complexity index is 725. The summed E-state index contributed by atoms with van der Waals surface area (Å²) in [5.74, 6) is -2.23. The summed E-state index contributed by atoms with van der Waals surface area (Å²) in [6, 6.07) is 6.38. The molecule has 2 fully saturated rings. The Hall–Kier alpha value is -2.54. The first-order valence-electron chi connectivity index (χ1n) is 9.16. The fraction of sp³-hybridized carbons (Fsp3) is 0.474. The van der Waals surface area contributed by atoms with Gasteiger partial charge in [-0.3, -0.25) is 19.9 Å². The molecule has 2 aliphatic heterocycles. The molecular weight excluding hydrogens is 332 g/mol. The van der Waals surface area contributed by atoms with Crippen LogP contribution < -0.4 is 15.1 Å². The lowest BCUT2D eigenvalue weighted by Gasteiger charge is -2.29. The Labute approximate surface area is 153 Å². The molecule has 0 aliphatic carbocycles. The highest BCUT2D eigenvalue weighted by Gasteiger charge is 2.40. The zero-order valence-corrected chi connectivity index (χ0v) is 15.0. The van der Waals surface area contributed by atoms with Gasteiger partial charge in [0, 0.05) is 6.21 Å². The summed E-state index contributed by atoms with van der Waals surface area (Å²) in [6.07, 6.45) is 5.18. The van der Waals surface area contributed by atoms with Gasteiger partial charge in [0.05, 0.1) is 31.9 Å². The molecule has 0 radical (unpaired) electrons. The molecule has 2 heterocycles. The summed E-state index contributed by atoms with van der Waals surface area (Å²) in [4.78, 5) is 43.9. The van der Waals surface area contributed by atoms with Crippen LogP contribution in [-0.2, 0) is 9.59 Å². The molecule has 0 saturated carbocycles. The van der Waals surface area contributed by atoms with Gasteiger partial charge in [0.1, 0.15) is 0 Å². The number of likely N-dealkylation sites (tertiary alicyclic amines) is 1. The number of piperidine rings is 1. The van der Waals surface area contributed by atoms with E-state index in [1.807, 2.05) is 19.1 Å². The largest absolute Gasteiger partial charge is 0.335 e. The number of nitrogens with one attached hydrogen (secondary N) is 2. The quantitative estimate of drug-likeness (QED) is 0.589. The number of aryl methyl sites for hydroxylation is 1. The van der Waals surface area contributed by atoms with Crippen molar-refractivity contribution in [3.63, 3.8) is 0 Å². The van der Waals surface area contributed by atoms with Crippen molar-refractivity contribution in [3.05, 3.63) is 29.8 Å². The van der Waals surface area contributed by atoms with Crippen LogP contribution in [0.25, 0.3) is 0 Å². The van der Waals surface area contributed by atoms with E-state index in [0.717, 1.165) is 30.1 Å². The third-order valence-electron chi connectivity index (χ3n) is 4.97. The molecule has 1 aromatic rings. The molecule has 2 saturated heterocycles. The van der Waals surface area contributed by atoms with E-state index >= 15 is 0 Å². The number of hydrogen-bond donors (Lipinski definition) is 2. The van der Waals surface area contributed by atoms with Crippen molar-refractivity contribution in [2.45, 2.75) is 26.2 Å². The monoisotopic (exact) mass is 357 g/mol. The number of carbonyl (C=O) groups is 3. The highest BCUT2D eigenvalue weighted by atomic mass is 16.2. The Morgan fingerprint density at radius 1 is 1.19 bits per heavy atom. The van der Waals surface area contributed by atoms with Crippen LogP contribution in [0.5, 0.6) is 0 Å². The second-order valence-corrected chi connectivity index (χ2v) is 6.85. The van der Waals surface area contributed by atoms with Crippen molar-refractivity contribution in [3.8, 4) is 0 Å². The summed E-state index contributed by atoms with van der Waals surface area (Å²) in [6.45, 7) is 5.61. The molecule has 2 N–H and O–H groups in total. The number of anilines is 1. The van der Waals surface area contributed by atoms with Gasteiger partial charge in [-0.2, -0.15) is 0 Å². The van der Waals surface area contributed by atoms with E-state index in [0.29, 0.717) is 12.2 Å². The molecule has 7 nitrogen and oxygen atoms in total. The van der Waals surface area contributed by atoms with Gasteiger partial charge in [0.2, 0.25) is 5.91 Å². The predicted molar refractivity (Wildman–Crippen MR) is 98.5 cm³/mol. The minimum absolute atomic E-state index is 0.485. The maximum atomic E-state index is 12.7. The average Bonchev–Trinajstić information content (AvgIpc) is 2.63. The normalized spacial score (nSPS) is 22.1. The molecule has 0 unspecified atom stereocenters. The van der Waals surface area contributed by atoms with Crippen molar-refractivity contribution in [1.82, 2.24) is 5.32 Å². The van der Waals surface area contributed by atoms with Gasteiger partial charge in [-0.1, -0.05) is 18.2 Å². The van der Waals surface area contributed by atoms with Crippen molar-refractivity contribution in [1.29, 1.82) is 0 Å². The Kier molecular flexibility index (Phi) is 5.78. The van der Waals surface area contributed by atoms with Gasteiger partial charge in [0.25, 0.3) is 5.91 Å². The lowest BCUT2D eigenvalue weighted by atomic mass is 10.0. The Balaban J connectivity index is 1.67. The zero-order chi connectivity index (χ0) is 18.5. The lowest BCUT2D eigenvalue weighted by molar-refractivity contribution is -0.903. The summed E-state index contributed by atoms with van der Waals surface area (Å²) in [7, 11) is 0. The highest BCUT2D eigenvalue weighted by molar-refractivity contribution is 6.32. The Morgan fingerprint density at radius 2 is 1.92 bits per heavy atom. The first-order chi connectivity index (χ1) is 12.6. The number of hydrogen-bond acceptors (Lipinski definition) is 4. The number of carbonyl (C=O) groups excluding carboxylic acids is 3. The first-order valence-corrected chi connectivity index (χ1v) is 9.16. The molecule has 7 heteroatoms. The van der Waals surface area contributed by atoms with Crippen LogP contribution in [0.4, 0.5) is 10.5 Å². The molecule has 3 rings (SSSR count). The second-order valence-electron chi connectivity index (χ2n) is 6.85. The van der Waals surface area contributed by atoms with Crippen LogP contribution in [0.15, 0.2) is 29.3 Å². The van der Waals surface area contributed by atoms with Crippen LogP contribution >= 0.6 is 0 Å².